The van der Waals surface area contributed by atoms with E-state index < -0.39 is 0 Å². The lowest BCUT2D eigenvalue weighted by Crippen LogP contribution is -2.38. The van der Waals surface area contributed by atoms with Crippen molar-refractivity contribution in [2.24, 2.45) is 4.99 Å². The third-order valence-corrected chi connectivity index (χ3v) is 3.88. The van der Waals surface area contributed by atoms with Crippen molar-refractivity contribution < 1.29 is 9.47 Å². The number of guanidine groups is 1. The molecule has 1 aliphatic heterocycles. The molecular formula is C20H30IN3O2. The molecule has 1 heterocycles. The summed E-state index contributed by atoms with van der Waals surface area (Å²) in [6, 6.07) is 7.98. The second-order valence-corrected chi connectivity index (χ2v) is 5.77. The lowest BCUT2D eigenvalue weighted by atomic mass is 10.1. The molecule has 5 nitrogen and oxygen atoms in total. The summed E-state index contributed by atoms with van der Waals surface area (Å²) in [5.74, 6) is 1.68. The maximum atomic E-state index is 5.69. The van der Waals surface area contributed by atoms with Crippen LogP contribution in [0.4, 0.5) is 0 Å². The Bertz CT molecular complexity index is 602. The van der Waals surface area contributed by atoms with Crippen molar-refractivity contribution >= 4 is 29.9 Å². The summed E-state index contributed by atoms with van der Waals surface area (Å²) in [5, 5.41) is 6.69. The molecule has 6 heteroatoms. The fourth-order valence-corrected chi connectivity index (χ4v) is 2.56. The van der Waals surface area contributed by atoms with Crippen LogP contribution in [0.1, 0.15) is 25.3 Å². The van der Waals surface area contributed by atoms with Crippen molar-refractivity contribution in [3.05, 3.63) is 54.1 Å². The van der Waals surface area contributed by atoms with E-state index in [1.807, 2.05) is 24.3 Å². The minimum atomic E-state index is 0. The molecule has 0 aliphatic carbocycles. The van der Waals surface area contributed by atoms with E-state index in [1.165, 1.54) is 5.57 Å². The monoisotopic (exact) mass is 471 g/mol. The van der Waals surface area contributed by atoms with Crippen molar-refractivity contribution in [2.45, 2.75) is 26.3 Å². The zero-order valence-electron chi connectivity index (χ0n) is 15.5. The van der Waals surface area contributed by atoms with Gasteiger partial charge in [0.05, 0.1) is 19.8 Å². The molecule has 0 bridgehead atoms. The van der Waals surface area contributed by atoms with E-state index in [0.29, 0.717) is 13.2 Å². The molecule has 2 N–H and O–H groups in total. The van der Waals surface area contributed by atoms with Gasteiger partial charge in [-0.1, -0.05) is 42.5 Å². The first-order chi connectivity index (χ1) is 12.3. The van der Waals surface area contributed by atoms with Crippen molar-refractivity contribution in [3.8, 4) is 5.75 Å². The Labute approximate surface area is 174 Å². The largest absolute Gasteiger partial charge is 0.489 e. The quantitative estimate of drug-likeness (QED) is 0.250. The van der Waals surface area contributed by atoms with E-state index in [0.717, 1.165) is 56.4 Å². The molecule has 0 saturated heterocycles. The van der Waals surface area contributed by atoms with E-state index in [2.05, 4.69) is 35.2 Å². The summed E-state index contributed by atoms with van der Waals surface area (Å²) < 4.78 is 11.0. The van der Waals surface area contributed by atoms with Gasteiger partial charge < -0.3 is 20.1 Å². The highest BCUT2D eigenvalue weighted by Gasteiger charge is 2.05. The van der Waals surface area contributed by atoms with Crippen LogP contribution in [-0.2, 0) is 11.3 Å². The number of ether oxygens (including phenoxy) is 2. The van der Waals surface area contributed by atoms with Crippen LogP contribution in [0.25, 0.3) is 0 Å². The molecule has 0 radical (unpaired) electrons. The molecule has 1 aromatic rings. The Kier molecular flexibility index (Phi) is 11.8. The van der Waals surface area contributed by atoms with E-state index in [1.54, 1.807) is 6.08 Å². The third kappa shape index (κ3) is 8.23. The van der Waals surface area contributed by atoms with E-state index in [-0.39, 0.29) is 24.0 Å². The molecule has 0 spiro atoms. The normalized spacial score (nSPS) is 14.0. The fraction of sp³-hybridized carbons (Fsp3) is 0.450. The average Bonchev–Trinajstić information content (AvgIpc) is 2.66. The van der Waals surface area contributed by atoms with Crippen LogP contribution in [0.3, 0.4) is 0 Å². The highest BCUT2D eigenvalue weighted by atomic mass is 127. The number of benzene rings is 1. The highest BCUT2D eigenvalue weighted by Crippen LogP contribution is 2.18. The van der Waals surface area contributed by atoms with Crippen molar-refractivity contribution in [1.29, 1.82) is 0 Å². The van der Waals surface area contributed by atoms with E-state index in [9.17, 15) is 0 Å². The molecule has 2 rings (SSSR count). The average molecular weight is 471 g/mol. The van der Waals surface area contributed by atoms with E-state index in [4.69, 9.17) is 9.47 Å². The number of hydrogen-bond donors (Lipinski definition) is 2. The van der Waals surface area contributed by atoms with Gasteiger partial charge in [-0.15, -0.1) is 24.0 Å². The third-order valence-electron chi connectivity index (χ3n) is 3.88. The van der Waals surface area contributed by atoms with Gasteiger partial charge in [-0.2, -0.15) is 0 Å². The Morgan fingerprint density at radius 1 is 1.35 bits per heavy atom. The summed E-state index contributed by atoms with van der Waals surface area (Å²) >= 11 is 0. The molecule has 0 fully saturated rings. The summed E-state index contributed by atoms with van der Waals surface area (Å²) in [5.41, 5.74) is 2.52. The number of aliphatic imine (C=N–C) groups is 1. The molecule has 26 heavy (non-hydrogen) atoms. The Hall–Kier alpha value is -1.54. The van der Waals surface area contributed by atoms with Crippen molar-refractivity contribution in [1.82, 2.24) is 10.6 Å². The minimum absolute atomic E-state index is 0. The van der Waals surface area contributed by atoms with Gasteiger partial charge in [0.2, 0.25) is 0 Å². The van der Waals surface area contributed by atoms with Crippen LogP contribution in [0, 0.1) is 0 Å². The Balaban J connectivity index is 0.00000338. The first-order valence-corrected chi connectivity index (χ1v) is 8.93. The zero-order chi connectivity index (χ0) is 17.7. The highest BCUT2D eigenvalue weighted by molar-refractivity contribution is 14.0. The molecular weight excluding hydrogens is 441 g/mol. The SMILES string of the molecule is C=CCOc1ccccc1CN=C(NCC)NCCC1=CCOCC1.I. The number of halogens is 1. The Morgan fingerprint density at radius 3 is 2.92 bits per heavy atom. The van der Waals surface area contributed by atoms with Gasteiger partial charge in [0.1, 0.15) is 12.4 Å². The first-order valence-electron chi connectivity index (χ1n) is 8.93. The smallest absolute Gasteiger partial charge is 0.191 e. The van der Waals surface area contributed by atoms with Crippen LogP contribution in [-0.4, -0.2) is 38.9 Å². The van der Waals surface area contributed by atoms with Gasteiger partial charge in [-0.3, -0.25) is 0 Å². The molecule has 0 atom stereocenters. The Morgan fingerprint density at radius 2 is 2.19 bits per heavy atom. The van der Waals surface area contributed by atoms with Gasteiger partial charge in [0.15, 0.2) is 5.96 Å². The lowest BCUT2D eigenvalue weighted by molar-refractivity contribution is 0.153. The van der Waals surface area contributed by atoms with Crippen LogP contribution in [0.5, 0.6) is 5.75 Å². The summed E-state index contributed by atoms with van der Waals surface area (Å²) in [7, 11) is 0. The molecule has 0 amide bonds. The predicted molar refractivity (Wildman–Crippen MR) is 119 cm³/mol. The molecule has 144 valence electrons. The summed E-state index contributed by atoms with van der Waals surface area (Å²) in [6.45, 7) is 10.1. The fourth-order valence-electron chi connectivity index (χ4n) is 2.56. The number of nitrogens with one attached hydrogen (secondary N) is 2. The van der Waals surface area contributed by atoms with Gasteiger partial charge >= 0.3 is 0 Å². The minimum Gasteiger partial charge on any atom is -0.489 e. The van der Waals surface area contributed by atoms with Gasteiger partial charge in [-0.05, 0) is 25.8 Å². The maximum Gasteiger partial charge on any atom is 0.191 e. The number of hydrogen-bond acceptors (Lipinski definition) is 3. The number of nitrogens with zero attached hydrogens (tertiary/aromatic N) is 1. The number of rotatable bonds is 9. The summed E-state index contributed by atoms with van der Waals surface area (Å²) in [4.78, 5) is 4.68. The molecule has 0 saturated carbocycles. The van der Waals surface area contributed by atoms with Gasteiger partial charge in [-0.25, -0.2) is 4.99 Å². The van der Waals surface area contributed by atoms with Gasteiger partial charge in [0, 0.05) is 18.7 Å². The van der Waals surface area contributed by atoms with Crippen molar-refractivity contribution in [2.75, 3.05) is 32.9 Å². The second-order valence-electron chi connectivity index (χ2n) is 5.77. The van der Waals surface area contributed by atoms with E-state index >= 15 is 0 Å². The summed E-state index contributed by atoms with van der Waals surface area (Å²) in [6.07, 6.45) is 5.98. The first kappa shape index (κ1) is 22.5. The topological polar surface area (TPSA) is 54.9 Å². The molecule has 1 aliphatic rings. The van der Waals surface area contributed by atoms with Crippen molar-refractivity contribution in [3.63, 3.8) is 0 Å². The van der Waals surface area contributed by atoms with Crippen LogP contribution in [0.15, 0.2) is 53.6 Å². The second kappa shape index (κ2) is 13.6. The molecule has 1 aromatic carbocycles. The maximum absolute atomic E-state index is 5.69. The molecule has 0 aromatic heterocycles. The standard InChI is InChI=1S/C20H29N3O2.HI/c1-3-13-25-19-8-6-5-7-18(19)16-23-20(21-4-2)22-12-9-17-10-14-24-15-11-17;/h3,5-8,10H,1,4,9,11-16H2,2H3,(H2,21,22,23);1H. The number of para-hydroxylation sites is 1. The molecule has 0 unspecified atom stereocenters. The van der Waals surface area contributed by atoms with Crippen LogP contribution >= 0.6 is 24.0 Å². The zero-order valence-corrected chi connectivity index (χ0v) is 17.8. The van der Waals surface area contributed by atoms with Gasteiger partial charge in [0.25, 0.3) is 0 Å². The van der Waals surface area contributed by atoms with Crippen LogP contribution in [0.2, 0.25) is 0 Å². The predicted octanol–water partition coefficient (Wildman–Crippen LogP) is 3.66. The lowest BCUT2D eigenvalue weighted by Gasteiger charge is -2.15. The van der Waals surface area contributed by atoms with Crippen LogP contribution < -0.4 is 15.4 Å².